The van der Waals surface area contributed by atoms with Gasteiger partial charge < -0.3 is 10.2 Å². The highest BCUT2D eigenvalue weighted by Gasteiger charge is 2.42. The van der Waals surface area contributed by atoms with Crippen LogP contribution >= 0.6 is 0 Å². The molecule has 5 heteroatoms. The van der Waals surface area contributed by atoms with Gasteiger partial charge in [0.25, 0.3) is 0 Å². The highest BCUT2D eigenvalue weighted by Crippen LogP contribution is 2.42. The topological polar surface area (TPSA) is 83.3 Å². The van der Waals surface area contributed by atoms with Crippen LogP contribution < -0.4 is 0 Å². The highest BCUT2D eigenvalue weighted by atomic mass is 16.4. The number of aromatic nitrogens is 2. The van der Waals surface area contributed by atoms with Crippen LogP contribution in [-0.4, -0.2) is 31.8 Å². The first kappa shape index (κ1) is 16.2. The number of carboxylic acid groups (broad SMARTS) is 1. The zero-order valence-electron chi connectivity index (χ0n) is 13.1. The van der Waals surface area contributed by atoms with Gasteiger partial charge in [0.15, 0.2) is 0 Å². The SMILES string of the molecule is O=C(O)[C@@H]1CC[C@](O)(C#Cc2ncccn2)C[C@H]1c1ccccc1. The summed E-state index contributed by atoms with van der Waals surface area (Å²) in [6, 6.07) is 11.2. The zero-order valence-corrected chi connectivity index (χ0v) is 13.1. The molecule has 3 rings (SSSR count). The van der Waals surface area contributed by atoms with Gasteiger partial charge in [-0.05, 0) is 36.8 Å². The van der Waals surface area contributed by atoms with Crippen LogP contribution in [0, 0.1) is 17.8 Å². The van der Waals surface area contributed by atoms with Gasteiger partial charge in [-0.15, -0.1) is 0 Å². The molecule has 0 aliphatic heterocycles. The number of aliphatic hydroxyl groups is 1. The van der Waals surface area contributed by atoms with E-state index in [4.69, 9.17) is 0 Å². The van der Waals surface area contributed by atoms with Gasteiger partial charge in [0, 0.05) is 18.3 Å². The van der Waals surface area contributed by atoms with Crippen molar-refractivity contribution in [1.29, 1.82) is 0 Å². The quantitative estimate of drug-likeness (QED) is 0.829. The molecular formula is C19H18N2O3. The van der Waals surface area contributed by atoms with Crippen molar-refractivity contribution in [3.8, 4) is 11.8 Å². The van der Waals surface area contributed by atoms with E-state index < -0.39 is 17.5 Å². The largest absolute Gasteiger partial charge is 0.481 e. The van der Waals surface area contributed by atoms with Gasteiger partial charge in [-0.3, -0.25) is 4.79 Å². The number of hydrogen-bond donors (Lipinski definition) is 2. The van der Waals surface area contributed by atoms with Crippen LogP contribution in [0.25, 0.3) is 0 Å². The van der Waals surface area contributed by atoms with Gasteiger partial charge in [0.2, 0.25) is 5.82 Å². The monoisotopic (exact) mass is 322 g/mol. The van der Waals surface area contributed by atoms with Crippen molar-refractivity contribution in [3.05, 3.63) is 60.2 Å². The average Bonchev–Trinajstić information content (AvgIpc) is 2.61. The van der Waals surface area contributed by atoms with Crippen molar-refractivity contribution in [3.63, 3.8) is 0 Å². The molecule has 24 heavy (non-hydrogen) atoms. The number of aliphatic carboxylic acids is 1. The Kier molecular flexibility index (Phi) is 4.59. The average molecular weight is 322 g/mol. The van der Waals surface area contributed by atoms with Crippen molar-refractivity contribution in [1.82, 2.24) is 9.97 Å². The first-order chi connectivity index (χ1) is 11.6. The number of carboxylic acids is 1. The van der Waals surface area contributed by atoms with E-state index in [1.807, 2.05) is 30.3 Å². The Hall–Kier alpha value is -2.71. The fraction of sp³-hybridized carbons (Fsp3) is 0.316. The van der Waals surface area contributed by atoms with Crippen LogP contribution in [0.2, 0.25) is 0 Å². The normalized spacial score (nSPS) is 26.2. The minimum absolute atomic E-state index is 0.270. The molecule has 2 aromatic rings. The molecule has 0 saturated heterocycles. The lowest BCUT2D eigenvalue weighted by atomic mass is 9.69. The molecule has 2 N–H and O–H groups in total. The Labute approximate surface area is 140 Å². The molecule has 1 aromatic carbocycles. The second-order valence-electron chi connectivity index (χ2n) is 6.06. The summed E-state index contributed by atoms with van der Waals surface area (Å²) in [7, 11) is 0. The summed E-state index contributed by atoms with van der Waals surface area (Å²) >= 11 is 0. The third kappa shape index (κ3) is 3.61. The third-order valence-electron chi connectivity index (χ3n) is 4.43. The Balaban J connectivity index is 1.87. The van der Waals surface area contributed by atoms with E-state index in [-0.39, 0.29) is 12.3 Å². The molecule has 0 bridgehead atoms. The molecule has 1 aliphatic carbocycles. The van der Waals surface area contributed by atoms with Crippen LogP contribution in [0.1, 0.15) is 36.6 Å². The predicted molar refractivity (Wildman–Crippen MR) is 88.0 cm³/mol. The van der Waals surface area contributed by atoms with Gasteiger partial charge in [-0.25, -0.2) is 9.97 Å². The summed E-state index contributed by atoms with van der Waals surface area (Å²) in [6.07, 6.45) is 4.18. The lowest BCUT2D eigenvalue weighted by Gasteiger charge is -2.37. The fourth-order valence-corrected chi connectivity index (χ4v) is 3.20. The van der Waals surface area contributed by atoms with Crippen molar-refractivity contribution >= 4 is 5.97 Å². The minimum Gasteiger partial charge on any atom is -0.481 e. The van der Waals surface area contributed by atoms with Gasteiger partial charge in [-0.1, -0.05) is 36.3 Å². The van der Waals surface area contributed by atoms with Gasteiger partial charge >= 0.3 is 5.97 Å². The number of rotatable bonds is 2. The standard InChI is InChI=1S/C19H18N2O3/c22-18(23)15-7-9-19(24,10-8-17-20-11-4-12-21-17)13-16(15)14-5-2-1-3-6-14/h1-6,11-12,15-16,24H,7,9,13H2,(H,22,23)/t15-,16+,19+/m1/s1. The zero-order chi connectivity index (χ0) is 17.0. The van der Waals surface area contributed by atoms with Crippen molar-refractivity contribution in [2.45, 2.75) is 30.8 Å². The first-order valence-corrected chi connectivity index (χ1v) is 7.88. The molecule has 0 amide bonds. The third-order valence-corrected chi connectivity index (χ3v) is 4.43. The van der Waals surface area contributed by atoms with Crippen molar-refractivity contribution in [2.75, 3.05) is 0 Å². The summed E-state index contributed by atoms with van der Waals surface area (Å²) in [4.78, 5) is 19.6. The summed E-state index contributed by atoms with van der Waals surface area (Å²) in [5, 5.41) is 20.4. The maximum Gasteiger partial charge on any atom is 0.307 e. The van der Waals surface area contributed by atoms with Crippen molar-refractivity contribution < 1.29 is 15.0 Å². The Morgan fingerprint density at radius 3 is 2.54 bits per heavy atom. The van der Waals surface area contributed by atoms with E-state index in [0.29, 0.717) is 18.7 Å². The minimum atomic E-state index is -1.23. The number of hydrogen-bond acceptors (Lipinski definition) is 4. The molecule has 1 aliphatic rings. The molecule has 0 radical (unpaired) electrons. The summed E-state index contributed by atoms with van der Waals surface area (Å²) in [6.45, 7) is 0. The van der Waals surface area contributed by atoms with Crippen LogP contribution in [0.3, 0.4) is 0 Å². The Bertz CT molecular complexity index is 767. The molecular weight excluding hydrogens is 304 g/mol. The van der Waals surface area contributed by atoms with E-state index in [2.05, 4.69) is 21.8 Å². The summed E-state index contributed by atoms with van der Waals surface area (Å²) in [5.74, 6) is 4.40. The maximum absolute atomic E-state index is 11.6. The molecule has 3 atom stereocenters. The molecule has 5 nitrogen and oxygen atoms in total. The number of benzene rings is 1. The number of carbonyl (C=O) groups is 1. The summed E-state index contributed by atoms with van der Waals surface area (Å²) in [5.41, 5.74) is -0.313. The van der Waals surface area contributed by atoms with Crippen LogP contribution in [0.15, 0.2) is 48.8 Å². The first-order valence-electron chi connectivity index (χ1n) is 7.88. The van der Waals surface area contributed by atoms with Gasteiger partial charge in [0.05, 0.1) is 5.92 Å². The van der Waals surface area contributed by atoms with Crippen LogP contribution in [0.5, 0.6) is 0 Å². The van der Waals surface area contributed by atoms with E-state index in [1.165, 1.54) is 0 Å². The Morgan fingerprint density at radius 2 is 1.88 bits per heavy atom. The lowest BCUT2D eigenvalue weighted by molar-refractivity contribution is -0.145. The molecule has 1 fully saturated rings. The van der Waals surface area contributed by atoms with Crippen molar-refractivity contribution in [2.24, 2.45) is 5.92 Å². The van der Waals surface area contributed by atoms with Gasteiger partial charge in [-0.2, -0.15) is 0 Å². The fourth-order valence-electron chi connectivity index (χ4n) is 3.20. The Morgan fingerprint density at radius 1 is 1.17 bits per heavy atom. The maximum atomic E-state index is 11.6. The summed E-state index contributed by atoms with van der Waals surface area (Å²) < 4.78 is 0. The predicted octanol–water partition coefficient (Wildman–Crippen LogP) is 2.23. The van der Waals surface area contributed by atoms with Crippen LogP contribution in [-0.2, 0) is 4.79 Å². The molecule has 1 saturated carbocycles. The molecule has 1 aromatic heterocycles. The second kappa shape index (κ2) is 6.81. The number of nitrogens with zero attached hydrogens (tertiary/aromatic N) is 2. The molecule has 1 heterocycles. The lowest BCUT2D eigenvalue weighted by Crippen LogP contribution is -2.39. The van der Waals surface area contributed by atoms with E-state index in [1.54, 1.807) is 18.5 Å². The van der Waals surface area contributed by atoms with Crippen LogP contribution in [0.4, 0.5) is 0 Å². The van der Waals surface area contributed by atoms with E-state index in [9.17, 15) is 15.0 Å². The van der Waals surface area contributed by atoms with E-state index in [0.717, 1.165) is 5.56 Å². The molecule has 0 unspecified atom stereocenters. The molecule has 0 spiro atoms. The van der Waals surface area contributed by atoms with Gasteiger partial charge in [0.1, 0.15) is 5.60 Å². The molecule has 122 valence electrons. The highest BCUT2D eigenvalue weighted by molar-refractivity contribution is 5.71. The smallest absolute Gasteiger partial charge is 0.307 e. The van der Waals surface area contributed by atoms with E-state index >= 15 is 0 Å². The second-order valence-corrected chi connectivity index (χ2v) is 6.06.